The molecule has 4 aromatic carbocycles. The van der Waals surface area contributed by atoms with Crippen molar-refractivity contribution in [2.24, 2.45) is 0 Å². The summed E-state index contributed by atoms with van der Waals surface area (Å²) in [5.41, 5.74) is 1.49. The number of sulfonamides is 1. The standard InChI is InChI=1S/C32H33FN2O3S/c1-31(2,3)35(30(36)32(4,25-13-7-5-8-14-25)26-15-9-6-10-16-26)23-24-19-21-27(22-20-24)34-39(37,38)29-18-12-11-17-28(29)33/h5-22,34H,23H2,1-4H3. The normalized spacial score (nSPS) is 12.1. The fourth-order valence-corrected chi connectivity index (χ4v) is 5.71. The first-order valence-electron chi connectivity index (χ1n) is 12.7. The summed E-state index contributed by atoms with van der Waals surface area (Å²) in [6.45, 7) is 8.27. The Labute approximate surface area is 230 Å². The number of halogens is 1. The lowest BCUT2D eigenvalue weighted by atomic mass is 9.74. The molecule has 0 spiro atoms. The summed E-state index contributed by atoms with van der Waals surface area (Å²) in [4.78, 5) is 15.9. The maximum absolute atomic E-state index is 14.5. The lowest BCUT2D eigenvalue weighted by Crippen LogP contribution is -2.53. The number of anilines is 1. The highest BCUT2D eigenvalue weighted by atomic mass is 32.2. The molecule has 0 unspecified atom stereocenters. The van der Waals surface area contributed by atoms with E-state index in [1.165, 1.54) is 18.2 Å². The Bertz CT molecular complexity index is 1490. The molecule has 7 heteroatoms. The van der Waals surface area contributed by atoms with Crippen molar-refractivity contribution in [3.63, 3.8) is 0 Å². The number of hydrogen-bond donors (Lipinski definition) is 1. The molecule has 0 aliphatic heterocycles. The fraction of sp³-hybridized carbons (Fsp3) is 0.219. The average Bonchev–Trinajstić information content (AvgIpc) is 2.92. The Balaban J connectivity index is 1.64. The number of benzene rings is 4. The molecule has 0 atom stereocenters. The van der Waals surface area contributed by atoms with Gasteiger partial charge in [0.15, 0.2) is 0 Å². The van der Waals surface area contributed by atoms with Gasteiger partial charge in [-0.05, 0) is 68.7 Å². The summed E-state index contributed by atoms with van der Waals surface area (Å²) in [5, 5.41) is 0. The predicted molar refractivity (Wildman–Crippen MR) is 153 cm³/mol. The van der Waals surface area contributed by atoms with Crippen molar-refractivity contribution in [2.45, 2.75) is 50.1 Å². The Hall–Kier alpha value is -3.97. The summed E-state index contributed by atoms with van der Waals surface area (Å²) < 4.78 is 41.9. The van der Waals surface area contributed by atoms with Gasteiger partial charge >= 0.3 is 0 Å². The predicted octanol–water partition coefficient (Wildman–Crippen LogP) is 6.76. The van der Waals surface area contributed by atoms with Crippen molar-refractivity contribution in [3.05, 3.63) is 132 Å². The minimum Gasteiger partial charge on any atom is -0.332 e. The number of carbonyl (C=O) groups is 1. The molecule has 4 aromatic rings. The highest BCUT2D eigenvalue weighted by Gasteiger charge is 2.43. The van der Waals surface area contributed by atoms with Crippen molar-refractivity contribution >= 4 is 21.6 Å². The number of nitrogens with one attached hydrogen (secondary N) is 1. The lowest BCUT2D eigenvalue weighted by Gasteiger charge is -2.42. The van der Waals surface area contributed by atoms with Crippen LogP contribution in [0.2, 0.25) is 0 Å². The summed E-state index contributed by atoms with van der Waals surface area (Å²) in [7, 11) is -4.09. The zero-order valence-corrected chi connectivity index (χ0v) is 23.4. The first kappa shape index (κ1) is 28.0. The van der Waals surface area contributed by atoms with Gasteiger partial charge in [0.25, 0.3) is 10.0 Å². The van der Waals surface area contributed by atoms with Crippen LogP contribution in [-0.2, 0) is 26.8 Å². The van der Waals surface area contributed by atoms with Crippen LogP contribution in [0.4, 0.5) is 10.1 Å². The van der Waals surface area contributed by atoms with Gasteiger partial charge in [-0.15, -0.1) is 0 Å². The number of carbonyl (C=O) groups excluding carboxylic acids is 1. The van der Waals surface area contributed by atoms with Gasteiger partial charge in [0, 0.05) is 17.8 Å². The van der Waals surface area contributed by atoms with E-state index in [1.807, 2.05) is 93.3 Å². The van der Waals surface area contributed by atoms with E-state index in [9.17, 15) is 17.6 Å². The molecule has 5 nitrogen and oxygen atoms in total. The van der Waals surface area contributed by atoms with Crippen molar-refractivity contribution in [1.82, 2.24) is 4.90 Å². The molecule has 1 N–H and O–H groups in total. The molecular formula is C32H33FN2O3S. The summed E-state index contributed by atoms with van der Waals surface area (Å²) in [6, 6.07) is 31.5. The third kappa shape index (κ3) is 6.04. The van der Waals surface area contributed by atoms with Crippen LogP contribution < -0.4 is 4.72 Å². The van der Waals surface area contributed by atoms with Crippen molar-refractivity contribution < 1.29 is 17.6 Å². The van der Waals surface area contributed by atoms with E-state index < -0.39 is 31.7 Å². The molecule has 0 fully saturated rings. The van der Waals surface area contributed by atoms with Gasteiger partial charge in [-0.3, -0.25) is 9.52 Å². The van der Waals surface area contributed by atoms with Crippen LogP contribution in [0.3, 0.4) is 0 Å². The van der Waals surface area contributed by atoms with Gasteiger partial charge in [0.05, 0.1) is 5.41 Å². The quantitative estimate of drug-likeness (QED) is 0.267. The second-order valence-electron chi connectivity index (χ2n) is 10.7. The highest BCUT2D eigenvalue weighted by Crippen LogP contribution is 2.36. The minimum atomic E-state index is -4.09. The van der Waals surface area contributed by atoms with Crippen molar-refractivity contribution in [2.75, 3.05) is 4.72 Å². The SMILES string of the molecule is CC(C(=O)N(Cc1ccc(NS(=O)(=O)c2ccccc2F)cc1)C(C)(C)C)(c1ccccc1)c1ccccc1. The van der Waals surface area contributed by atoms with Crippen LogP contribution in [0.25, 0.3) is 0 Å². The van der Waals surface area contributed by atoms with Crippen LogP contribution in [0.1, 0.15) is 44.4 Å². The molecule has 0 saturated heterocycles. The van der Waals surface area contributed by atoms with Crippen molar-refractivity contribution in [3.8, 4) is 0 Å². The summed E-state index contributed by atoms with van der Waals surface area (Å²) >= 11 is 0. The van der Waals surface area contributed by atoms with Gasteiger partial charge < -0.3 is 4.90 Å². The second kappa shape index (κ2) is 11.0. The molecule has 0 bridgehead atoms. The van der Waals surface area contributed by atoms with E-state index in [2.05, 4.69) is 4.72 Å². The molecule has 4 rings (SSSR count). The van der Waals surface area contributed by atoms with Crippen LogP contribution in [0, 0.1) is 5.82 Å². The Morgan fingerprint density at radius 2 is 1.23 bits per heavy atom. The smallest absolute Gasteiger partial charge is 0.264 e. The molecular weight excluding hydrogens is 511 g/mol. The number of amides is 1. The number of hydrogen-bond acceptors (Lipinski definition) is 3. The largest absolute Gasteiger partial charge is 0.332 e. The Morgan fingerprint density at radius 1 is 0.744 bits per heavy atom. The van der Waals surface area contributed by atoms with Gasteiger partial charge in [0.2, 0.25) is 5.91 Å². The summed E-state index contributed by atoms with van der Waals surface area (Å²) in [5.74, 6) is -0.863. The topological polar surface area (TPSA) is 66.5 Å². The molecule has 1 amide bonds. The lowest BCUT2D eigenvalue weighted by molar-refractivity contribution is -0.141. The fourth-order valence-electron chi connectivity index (χ4n) is 4.57. The molecule has 0 radical (unpaired) electrons. The van der Waals surface area contributed by atoms with E-state index in [-0.39, 0.29) is 5.91 Å². The van der Waals surface area contributed by atoms with Crippen LogP contribution >= 0.6 is 0 Å². The highest BCUT2D eigenvalue weighted by molar-refractivity contribution is 7.92. The Morgan fingerprint density at radius 3 is 1.72 bits per heavy atom. The monoisotopic (exact) mass is 544 g/mol. The van der Waals surface area contributed by atoms with E-state index in [4.69, 9.17) is 0 Å². The van der Waals surface area contributed by atoms with E-state index >= 15 is 0 Å². The van der Waals surface area contributed by atoms with Crippen LogP contribution in [0.5, 0.6) is 0 Å². The van der Waals surface area contributed by atoms with E-state index in [0.29, 0.717) is 12.2 Å². The molecule has 0 aliphatic carbocycles. The second-order valence-corrected chi connectivity index (χ2v) is 12.3. The number of rotatable bonds is 8. The Kier molecular flexibility index (Phi) is 7.93. The minimum absolute atomic E-state index is 0.0447. The molecule has 0 aromatic heterocycles. The molecule has 39 heavy (non-hydrogen) atoms. The van der Waals surface area contributed by atoms with Gasteiger partial charge in [-0.1, -0.05) is 84.9 Å². The van der Waals surface area contributed by atoms with E-state index in [0.717, 1.165) is 22.8 Å². The van der Waals surface area contributed by atoms with Gasteiger partial charge in [-0.25, -0.2) is 12.8 Å². The molecule has 202 valence electrons. The zero-order chi connectivity index (χ0) is 28.3. The van der Waals surface area contributed by atoms with Crippen LogP contribution in [-0.4, -0.2) is 24.8 Å². The van der Waals surface area contributed by atoms with Crippen LogP contribution in [0.15, 0.2) is 114 Å². The molecule has 0 heterocycles. The molecule has 0 aliphatic rings. The average molecular weight is 545 g/mol. The number of nitrogens with zero attached hydrogens (tertiary/aromatic N) is 1. The third-order valence-corrected chi connectivity index (χ3v) is 8.27. The zero-order valence-electron chi connectivity index (χ0n) is 22.6. The first-order chi connectivity index (χ1) is 18.4. The third-order valence-electron chi connectivity index (χ3n) is 6.86. The maximum atomic E-state index is 14.5. The van der Waals surface area contributed by atoms with Gasteiger partial charge in [0.1, 0.15) is 10.7 Å². The maximum Gasteiger partial charge on any atom is 0.264 e. The van der Waals surface area contributed by atoms with Crippen molar-refractivity contribution in [1.29, 1.82) is 0 Å². The van der Waals surface area contributed by atoms with Gasteiger partial charge in [-0.2, -0.15) is 0 Å². The van der Waals surface area contributed by atoms with E-state index in [1.54, 1.807) is 24.3 Å². The first-order valence-corrected chi connectivity index (χ1v) is 14.2. The molecule has 0 saturated carbocycles. The summed E-state index contributed by atoms with van der Waals surface area (Å²) in [6.07, 6.45) is 0.